The van der Waals surface area contributed by atoms with Crippen molar-refractivity contribution in [1.82, 2.24) is 5.32 Å². The van der Waals surface area contributed by atoms with Crippen molar-refractivity contribution in [2.45, 2.75) is 32.4 Å². The second-order valence-corrected chi connectivity index (χ2v) is 10.3. The van der Waals surface area contributed by atoms with E-state index in [1.165, 1.54) is 6.07 Å². The van der Waals surface area contributed by atoms with Gasteiger partial charge < -0.3 is 21.5 Å². The third-order valence-electron chi connectivity index (χ3n) is 8.16. The molecule has 9 nitrogen and oxygen atoms in total. The number of nitrogens with two attached hydrogens (primary N) is 1. The Hall–Kier alpha value is -3.92. The van der Waals surface area contributed by atoms with Gasteiger partial charge >= 0.3 is 0 Å². The van der Waals surface area contributed by atoms with Crippen LogP contribution in [0.4, 0.5) is 10.1 Å². The number of halogens is 1. The third-order valence-corrected chi connectivity index (χ3v) is 8.16. The van der Waals surface area contributed by atoms with Crippen molar-refractivity contribution in [2.24, 2.45) is 35.3 Å². The number of phenols is 1. The predicted octanol–water partition coefficient (Wildman–Crippen LogP) is 1.68. The van der Waals surface area contributed by atoms with Gasteiger partial charge in [-0.3, -0.25) is 24.0 Å². The van der Waals surface area contributed by atoms with Crippen molar-refractivity contribution in [3.05, 3.63) is 58.4 Å². The number of hydrogen-bond acceptors (Lipinski definition) is 8. The highest BCUT2D eigenvalue weighted by Crippen LogP contribution is 2.49. The molecule has 38 heavy (non-hydrogen) atoms. The number of anilines is 1. The zero-order valence-corrected chi connectivity index (χ0v) is 20.8. The summed E-state index contributed by atoms with van der Waals surface area (Å²) < 4.78 is 14.0. The largest absolute Gasteiger partial charge is 0.507 e. The van der Waals surface area contributed by atoms with Crippen LogP contribution in [-0.2, 0) is 38.7 Å². The number of ketones is 4. The third kappa shape index (κ3) is 4.09. The molecule has 5 rings (SSSR count). The van der Waals surface area contributed by atoms with Gasteiger partial charge in [-0.2, -0.15) is 0 Å². The highest BCUT2D eigenvalue weighted by Gasteiger charge is 2.57. The molecular weight excluding hydrogens is 493 g/mol. The minimum absolute atomic E-state index is 0.0263. The monoisotopic (exact) mass is 521 g/mol. The smallest absolute Gasteiger partial charge is 0.235 e. The number of primary amides is 1. The summed E-state index contributed by atoms with van der Waals surface area (Å²) in [5, 5.41) is 17.3. The van der Waals surface area contributed by atoms with E-state index in [9.17, 15) is 33.5 Å². The number of benzene rings is 2. The first-order valence-corrected chi connectivity index (χ1v) is 12.6. The van der Waals surface area contributed by atoms with Crippen LogP contribution in [0.15, 0.2) is 30.3 Å². The minimum Gasteiger partial charge on any atom is -0.507 e. The summed E-state index contributed by atoms with van der Waals surface area (Å²) in [5.74, 6) is -9.41. The highest BCUT2D eigenvalue weighted by molar-refractivity contribution is 6.27. The Bertz CT molecular complexity index is 1390. The second-order valence-electron chi connectivity index (χ2n) is 10.3. The van der Waals surface area contributed by atoms with Gasteiger partial charge in [-0.15, -0.1) is 0 Å². The maximum absolute atomic E-state index is 14.0. The van der Waals surface area contributed by atoms with Crippen molar-refractivity contribution < 1.29 is 33.5 Å². The molecule has 1 amide bonds. The van der Waals surface area contributed by atoms with Crippen LogP contribution in [0.3, 0.4) is 0 Å². The summed E-state index contributed by atoms with van der Waals surface area (Å²) in [6, 6.07) is 8.02. The van der Waals surface area contributed by atoms with Gasteiger partial charge in [-0.05, 0) is 42.4 Å². The number of carbonyl (C=O) groups is 5. The summed E-state index contributed by atoms with van der Waals surface area (Å²) in [6.07, 6.45) is 0.483. The average molecular weight is 522 g/mol. The lowest BCUT2D eigenvalue weighted by Gasteiger charge is -2.44. The molecule has 5 atom stereocenters. The first kappa shape index (κ1) is 25.7. The maximum atomic E-state index is 14.0. The highest BCUT2D eigenvalue weighted by atomic mass is 19.1. The summed E-state index contributed by atoms with van der Waals surface area (Å²) in [6.45, 7) is 0.323. The fraction of sp³-hybridized carbons (Fsp3) is 0.393. The molecule has 0 spiro atoms. The van der Waals surface area contributed by atoms with Crippen LogP contribution in [-0.4, -0.2) is 41.2 Å². The van der Waals surface area contributed by atoms with Gasteiger partial charge in [-0.25, -0.2) is 4.39 Å². The average Bonchev–Trinajstić information content (AvgIpc) is 2.85. The van der Waals surface area contributed by atoms with E-state index in [2.05, 4.69) is 10.6 Å². The summed E-state index contributed by atoms with van der Waals surface area (Å²) in [5.41, 5.74) is 7.33. The van der Waals surface area contributed by atoms with Gasteiger partial charge in [0.05, 0.1) is 17.4 Å². The molecule has 5 unspecified atom stereocenters. The number of aromatic hydroxyl groups is 1. The number of hydrogen-bond donors (Lipinski definition) is 4. The van der Waals surface area contributed by atoms with Crippen molar-refractivity contribution in [3.8, 4) is 5.75 Å². The van der Waals surface area contributed by atoms with E-state index in [1.54, 1.807) is 31.3 Å². The molecule has 2 aromatic carbocycles. The number of carbonyl (C=O) groups excluding carboxylic acids is 5. The molecule has 5 N–H and O–H groups in total. The van der Waals surface area contributed by atoms with Gasteiger partial charge in [-0.1, -0.05) is 18.2 Å². The molecule has 3 aliphatic carbocycles. The van der Waals surface area contributed by atoms with E-state index in [0.29, 0.717) is 35.2 Å². The maximum Gasteiger partial charge on any atom is 0.235 e. The van der Waals surface area contributed by atoms with E-state index in [-0.39, 0.29) is 36.6 Å². The number of phenolic OH excluding ortho intramolecular Hbond substituents is 1. The number of amides is 1. The van der Waals surface area contributed by atoms with Gasteiger partial charge in [0.15, 0.2) is 29.1 Å². The lowest BCUT2D eigenvalue weighted by molar-refractivity contribution is -0.152. The molecule has 2 fully saturated rings. The van der Waals surface area contributed by atoms with Crippen LogP contribution in [0.1, 0.15) is 39.9 Å². The fourth-order valence-corrected chi connectivity index (χ4v) is 6.45. The Labute approximate surface area is 218 Å². The first-order chi connectivity index (χ1) is 18.1. The Morgan fingerprint density at radius 1 is 1.03 bits per heavy atom. The van der Waals surface area contributed by atoms with Gasteiger partial charge in [0, 0.05) is 43.4 Å². The molecule has 2 saturated carbocycles. The summed E-state index contributed by atoms with van der Waals surface area (Å²) in [4.78, 5) is 64.5. The molecule has 0 radical (unpaired) electrons. The number of fused-ring (bicyclic) bond motifs is 3. The number of rotatable bonds is 6. The first-order valence-electron chi connectivity index (χ1n) is 12.6. The van der Waals surface area contributed by atoms with Crippen molar-refractivity contribution >= 4 is 34.7 Å². The molecular formula is C28H28FN3O6. The lowest BCUT2D eigenvalue weighted by Crippen LogP contribution is -2.56. The number of nitrogens with one attached hydrogen (secondary N) is 2. The summed E-state index contributed by atoms with van der Waals surface area (Å²) in [7, 11) is 1.68. The topological polar surface area (TPSA) is 156 Å². The molecule has 0 aromatic heterocycles. The predicted molar refractivity (Wildman–Crippen MR) is 134 cm³/mol. The SMILES string of the molecule is CNc1cc(CNCc2ccccc2F)c(O)c2c1CC1CC3CC(=O)C(C(N)=O)C(=O)C3C(=O)C1C2=O. The zero-order valence-electron chi connectivity index (χ0n) is 20.8. The molecule has 10 heteroatoms. The Balaban J connectivity index is 1.45. The van der Waals surface area contributed by atoms with Crippen molar-refractivity contribution in [3.63, 3.8) is 0 Å². The van der Waals surface area contributed by atoms with Crippen LogP contribution >= 0.6 is 0 Å². The standard InChI is InChI=1S/C28H28FN3O6/c1-31-18-8-15(11-32-10-12-4-2-3-5-17(12)29)24(34)22-16(18)7-13-6-14-9-19(33)23(28(30)38)27(37)21(14)25(35)20(13)26(22)36/h2-5,8,13-14,20-21,23,31-32,34H,6-7,9-11H2,1H3,(H2,30,38). The summed E-state index contributed by atoms with van der Waals surface area (Å²) >= 11 is 0. The van der Waals surface area contributed by atoms with E-state index in [4.69, 9.17) is 5.73 Å². The fourth-order valence-electron chi connectivity index (χ4n) is 6.45. The van der Waals surface area contributed by atoms with Crippen molar-refractivity contribution in [2.75, 3.05) is 12.4 Å². The van der Waals surface area contributed by atoms with E-state index >= 15 is 0 Å². The molecule has 198 valence electrons. The van der Waals surface area contributed by atoms with E-state index < -0.39 is 58.6 Å². The molecule has 0 bridgehead atoms. The number of Topliss-reactive ketones (excluding diaryl/α,β-unsaturated/α-hetero) is 4. The van der Waals surface area contributed by atoms with Crippen LogP contribution < -0.4 is 16.4 Å². The van der Waals surface area contributed by atoms with Crippen LogP contribution in [0.2, 0.25) is 0 Å². The van der Waals surface area contributed by atoms with Crippen LogP contribution in [0.5, 0.6) is 5.75 Å². The van der Waals surface area contributed by atoms with Gasteiger partial charge in [0.2, 0.25) is 5.91 Å². The molecule has 0 saturated heterocycles. The normalized spacial score (nSPS) is 26.4. The van der Waals surface area contributed by atoms with Gasteiger partial charge in [0.25, 0.3) is 0 Å². The van der Waals surface area contributed by atoms with Crippen LogP contribution in [0.25, 0.3) is 0 Å². The van der Waals surface area contributed by atoms with E-state index in [0.717, 1.165) is 0 Å². The zero-order chi connectivity index (χ0) is 27.3. The lowest BCUT2D eigenvalue weighted by atomic mass is 9.56. The van der Waals surface area contributed by atoms with Crippen LogP contribution in [0, 0.1) is 35.4 Å². The Morgan fingerprint density at radius 3 is 2.39 bits per heavy atom. The second kappa shape index (κ2) is 9.75. The van der Waals surface area contributed by atoms with Crippen molar-refractivity contribution in [1.29, 1.82) is 0 Å². The van der Waals surface area contributed by atoms with Gasteiger partial charge in [0.1, 0.15) is 11.6 Å². The Kier molecular flexibility index (Phi) is 6.60. The molecule has 0 heterocycles. The molecule has 3 aliphatic rings. The minimum atomic E-state index is -1.67. The quantitative estimate of drug-likeness (QED) is 0.331. The molecule has 2 aromatic rings. The van der Waals surface area contributed by atoms with E-state index in [1.807, 2.05) is 0 Å². The Morgan fingerprint density at radius 2 is 1.71 bits per heavy atom. The molecule has 0 aliphatic heterocycles.